The lowest BCUT2D eigenvalue weighted by Gasteiger charge is -2.30. The standard InChI is InChI=1S/C18H25NO2/c20-17-7-4-12-19(13-17)18(21)16-10-8-15(9-11-16)14-5-2-1-3-6-14/h8-11,14,17,20H,1-7,12-13H2. The first-order valence-electron chi connectivity index (χ1n) is 8.31. The molecule has 1 N–H and O–H groups in total. The zero-order valence-electron chi connectivity index (χ0n) is 12.6. The molecule has 1 aromatic rings. The number of nitrogens with zero attached hydrogens (tertiary/aromatic N) is 1. The van der Waals surface area contributed by atoms with E-state index < -0.39 is 0 Å². The maximum absolute atomic E-state index is 12.4. The van der Waals surface area contributed by atoms with Crippen molar-refractivity contribution >= 4 is 5.91 Å². The molecule has 0 bridgehead atoms. The van der Waals surface area contributed by atoms with E-state index in [0.717, 1.165) is 24.9 Å². The highest BCUT2D eigenvalue weighted by Gasteiger charge is 2.23. The first kappa shape index (κ1) is 14.6. The molecule has 114 valence electrons. The van der Waals surface area contributed by atoms with Crippen LogP contribution in [0.15, 0.2) is 24.3 Å². The number of carbonyl (C=O) groups is 1. The number of likely N-dealkylation sites (tertiary alicyclic amines) is 1. The van der Waals surface area contributed by atoms with Gasteiger partial charge in [-0.1, -0.05) is 31.4 Å². The van der Waals surface area contributed by atoms with Crippen molar-refractivity contribution in [1.29, 1.82) is 0 Å². The van der Waals surface area contributed by atoms with Crippen LogP contribution in [0.3, 0.4) is 0 Å². The van der Waals surface area contributed by atoms with Gasteiger partial charge in [-0.2, -0.15) is 0 Å². The minimum Gasteiger partial charge on any atom is -0.391 e. The Morgan fingerprint density at radius 1 is 1.00 bits per heavy atom. The average molecular weight is 287 g/mol. The zero-order valence-corrected chi connectivity index (χ0v) is 12.6. The van der Waals surface area contributed by atoms with Crippen LogP contribution in [-0.2, 0) is 0 Å². The van der Waals surface area contributed by atoms with Gasteiger partial charge in [0.05, 0.1) is 6.10 Å². The average Bonchev–Trinajstić information content (AvgIpc) is 2.55. The first-order valence-corrected chi connectivity index (χ1v) is 8.31. The van der Waals surface area contributed by atoms with Crippen LogP contribution in [0.4, 0.5) is 0 Å². The topological polar surface area (TPSA) is 40.5 Å². The van der Waals surface area contributed by atoms with E-state index in [0.29, 0.717) is 12.5 Å². The maximum atomic E-state index is 12.4. The third kappa shape index (κ3) is 3.46. The van der Waals surface area contributed by atoms with Crippen molar-refractivity contribution in [3.05, 3.63) is 35.4 Å². The van der Waals surface area contributed by atoms with E-state index in [1.165, 1.54) is 37.7 Å². The fraction of sp³-hybridized carbons (Fsp3) is 0.611. The Hall–Kier alpha value is -1.35. The summed E-state index contributed by atoms with van der Waals surface area (Å²) in [6.45, 7) is 1.24. The normalized spacial score (nSPS) is 24.0. The molecule has 1 unspecified atom stereocenters. The molecule has 3 rings (SSSR count). The third-order valence-electron chi connectivity index (χ3n) is 4.92. The van der Waals surface area contributed by atoms with Crippen molar-refractivity contribution in [3.8, 4) is 0 Å². The van der Waals surface area contributed by atoms with E-state index in [9.17, 15) is 9.90 Å². The number of benzene rings is 1. The van der Waals surface area contributed by atoms with Gasteiger partial charge in [0.25, 0.3) is 5.91 Å². The van der Waals surface area contributed by atoms with Crippen LogP contribution in [0.1, 0.15) is 66.8 Å². The predicted octanol–water partition coefficient (Wildman–Crippen LogP) is 3.33. The van der Waals surface area contributed by atoms with Crippen LogP contribution in [0, 0.1) is 0 Å². The van der Waals surface area contributed by atoms with E-state index >= 15 is 0 Å². The Morgan fingerprint density at radius 3 is 2.38 bits per heavy atom. The van der Waals surface area contributed by atoms with Gasteiger partial charge in [-0.05, 0) is 49.3 Å². The highest BCUT2D eigenvalue weighted by molar-refractivity contribution is 5.94. The summed E-state index contributed by atoms with van der Waals surface area (Å²) < 4.78 is 0. The molecule has 1 amide bonds. The molecule has 3 nitrogen and oxygen atoms in total. The minimum absolute atomic E-state index is 0.0592. The lowest BCUT2D eigenvalue weighted by Crippen LogP contribution is -2.42. The summed E-state index contributed by atoms with van der Waals surface area (Å²) in [5.74, 6) is 0.739. The van der Waals surface area contributed by atoms with Crippen LogP contribution >= 0.6 is 0 Å². The van der Waals surface area contributed by atoms with Gasteiger partial charge in [-0.3, -0.25) is 4.79 Å². The number of amides is 1. The van der Waals surface area contributed by atoms with E-state index in [1.54, 1.807) is 4.90 Å². The fourth-order valence-corrected chi connectivity index (χ4v) is 3.66. The Kier molecular flexibility index (Phi) is 4.59. The Labute approximate surface area is 127 Å². The first-order chi connectivity index (χ1) is 10.2. The molecule has 1 saturated heterocycles. The summed E-state index contributed by atoms with van der Waals surface area (Å²) in [7, 11) is 0. The molecule has 1 atom stereocenters. The van der Waals surface area contributed by atoms with Crippen LogP contribution in [-0.4, -0.2) is 35.1 Å². The van der Waals surface area contributed by atoms with Gasteiger partial charge in [-0.25, -0.2) is 0 Å². The molecule has 2 aliphatic rings. The number of aliphatic hydroxyl groups is 1. The van der Waals surface area contributed by atoms with Gasteiger partial charge in [0.2, 0.25) is 0 Å². The highest BCUT2D eigenvalue weighted by Crippen LogP contribution is 2.32. The third-order valence-corrected chi connectivity index (χ3v) is 4.92. The second kappa shape index (κ2) is 6.61. The van der Waals surface area contributed by atoms with Crippen molar-refractivity contribution in [2.45, 2.75) is 57.0 Å². The molecule has 0 aromatic heterocycles. The minimum atomic E-state index is -0.357. The molecule has 3 heteroatoms. The smallest absolute Gasteiger partial charge is 0.253 e. The van der Waals surface area contributed by atoms with Crippen LogP contribution in [0.2, 0.25) is 0 Å². The van der Waals surface area contributed by atoms with Gasteiger partial charge >= 0.3 is 0 Å². The van der Waals surface area contributed by atoms with E-state index in [1.807, 2.05) is 12.1 Å². The molecule has 1 aliphatic heterocycles. The number of aliphatic hydroxyl groups excluding tert-OH is 1. The summed E-state index contributed by atoms with van der Waals surface area (Å²) in [4.78, 5) is 14.2. The van der Waals surface area contributed by atoms with Gasteiger partial charge in [0.1, 0.15) is 0 Å². The number of β-amino-alcohol motifs (C(OH)–C–C–N with tert-alkyl or cyclic N) is 1. The number of rotatable bonds is 2. The van der Waals surface area contributed by atoms with Crippen molar-refractivity contribution in [2.24, 2.45) is 0 Å². The maximum Gasteiger partial charge on any atom is 0.253 e. The molecular formula is C18H25NO2. The van der Waals surface area contributed by atoms with Gasteiger partial charge in [0.15, 0.2) is 0 Å². The predicted molar refractivity (Wildman–Crippen MR) is 83.4 cm³/mol. The number of carbonyl (C=O) groups excluding carboxylic acids is 1. The van der Waals surface area contributed by atoms with Crippen LogP contribution in [0.25, 0.3) is 0 Å². The summed E-state index contributed by atoms with van der Waals surface area (Å²) in [6, 6.07) is 8.19. The summed E-state index contributed by atoms with van der Waals surface area (Å²) in [5, 5.41) is 9.70. The van der Waals surface area contributed by atoms with Gasteiger partial charge in [-0.15, -0.1) is 0 Å². The number of hydrogen-bond acceptors (Lipinski definition) is 2. The van der Waals surface area contributed by atoms with Gasteiger partial charge < -0.3 is 10.0 Å². The lowest BCUT2D eigenvalue weighted by atomic mass is 9.84. The summed E-state index contributed by atoms with van der Waals surface area (Å²) in [5.41, 5.74) is 2.13. The number of hydrogen-bond donors (Lipinski definition) is 1. The van der Waals surface area contributed by atoms with E-state index in [4.69, 9.17) is 0 Å². The summed E-state index contributed by atoms with van der Waals surface area (Å²) >= 11 is 0. The van der Waals surface area contributed by atoms with E-state index in [-0.39, 0.29) is 12.0 Å². The molecule has 0 radical (unpaired) electrons. The number of piperidine rings is 1. The van der Waals surface area contributed by atoms with Crippen LogP contribution < -0.4 is 0 Å². The molecule has 1 saturated carbocycles. The second-order valence-corrected chi connectivity index (χ2v) is 6.50. The molecule has 1 heterocycles. The monoisotopic (exact) mass is 287 g/mol. The summed E-state index contributed by atoms with van der Waals surface area (Å²) in [6.07, 6.45) is 7.94. The molecule has 2 fully saturated rings. The zero-order chi connectivity index (χ0) is 14.7. The molecule has 1 aromatic carbocycles. The fourth-order valence-electron chi connectivity index (χ4n) is 3.66. The van der Waals surface area contributed by atoms with Crippen molar-refractivity contribution in [3.63, 3.8) is 0 Å². The quantitative estimate of drug-likeness (QED) is 0.906. The highest BCUT2D eigenvalue weighted by atomic mass is 16.3. The SMILES string of the molecule is O=C(c1ccc(C2CCCCC2)cc1)N1CCCC(O)C1. The Bertz CT molecular complexity index is 476. The van der Waals surface area contributed by atoms with E-state index in [2.05, 4.69) is 12.1 Å². The van der Waals surface area contributed by atoms with Crippen molar-refractivity contribution in [2.75, 3.05) is 13.1 Å². The Morgan fingerprint density at radius 2 is 1.71 bits per heavy atom. The van der Waals surface area contributed by atoms with Crippen molar-refractivity contribution < 1.29 is 9.90 Å². The lowest BCUT2D eigenvalue weighted by molar-refractivity contribution is 0.0474. The molecular weight excluding hydrogens is 262 g/mol. The molecule has 21 heavy (non-hydrogen) atoms. The second-order valence-electron chi connectivity index (χ2n) is 6.50. The largest absolute Gasteiger partial charge is 0.391 e. The molecule has 1 aliphatic carbocycles. The van der Waals surface area contributed by atoms with Gasteiger partial charge in [0, 0.05) is 18.7 Å². The van der Waals surface area contributed by atoms with Crippen LogP contribution in [0.5, 0.6) is 0 Å². The molecule has 0 spiro atoms. The Balaban J connectivity index is 1.67. The van der Waals surface area contributed by atoms with Crippen molar-refractivity contribution in [1.82, 2.24) is 4.90 Å².